The van der Waals surface area contributed by atoms with Crippen molar-refractivity contribution in [1.82, 2.24) is 19.9 Å². The van der Waals surface area contributed by atoms with Gasteiger partial charge in [-0.3, -0.25) is 15.1 Å². The van der Waals surface area contributed by atoms with Crippen molar-refractivity contribution < 1.29 is 9.59 Å². The van der Waals surface area contributed by atoms with Crippen molar-refractivity contribution in [2.45, 2.75) is 20.0 Å². The summed E-state index contributed by atoms with van der Waals surface area (Å²) in [7, 11) is 0. The molecule has 0 spiro atoms. The van der Waals surface area contributed by atoms with E-state index < -0.39 is 6.03 Å². The fourth-order valence-electron chi connectivity index (χ4n) is 3.36. The summed E-state index contributed by atoms with van der Waals surface area (Å²) in [5, 5.41) is 8.92. The van der Waals surface area contributed by atoms with E-state index in [1.807, 2.05) is 43.3 Å². The van der Waals surface area contributed by atoms with Gasteiger partial charge in [-0.25, -0.2) is 9.78 Å². The van der Waals surface area contributed by atoms with Gasteiger partial charge in [-0.1, -0.05) is 48.0 Å². The fourth-order valence-corrected chi connectivity index (χ4v) is 3.59. The number of carbonyl (C=O) groups is 2. The van der Waals surface area contributed by atoms with Crippen molar-refractivity contribution in [3.8, 4) is 0 Å². The summed E-state index contributed by atoms with van der Waals surface area (Å²) >= 11 is 5.98. The van der Waals surface area contributed by atoms with E-state index in [9.17, 15) is 9.59 Å². The number of carbonyl (C=O) groups excluding carboxylic acids is 2. The Morgan fingerprint density at radius 1 is 1.00 bits per heavy atom. The predicted octanol–water partition coefficient (Wildman–Crippen LogP) is 4.86. The van der Waals surface area contributed by atoms with Crippen LogP contribution in [0.5, 0.6) is 0 Å². The SMILES string of the molecule is Cc1cc(Cl)ccc1NC(=O)Nc1cn(Cc2ccccc2)c(C(=O)NCc2cccnc2)n1. The highest BCUT2D eigenvalue weighted by atomic mass is 35.5. The number of hydrogen-bond donors (Lipinski definition) is 3. The lowest BCUT2D eigenvalue weighted by molar-refractivity contribution is 0.0936. The molecule has 4 rings (SSSR count). The van der Waals surface area contributed by atoms with Gasteiger partial charge in [0.1, 0.15) is 0 Å². The Morgan fingerprint density at radius 3 is 2.53 bits per heavy atom. The molecule has 9 heteroatoms. The van der Waals surface area contributed by atoms with Crippen LogP contribution in [0.25, 0.3) is 0 Å². The summed E-state index contributed by atoms with van der Waals surface area (Å²) in [6, 6.07) is 18.1. The van der Waals surface area contributed by atoms with Crippen molar-refractivity contribution in [1.29, 1.82) is 0 Å². The molecule has 2 aromatic carbocycles. The topological polar surface area (TPSA) is 101 Å². The Morgan fingerprint density at radius 2 is 1.79 bits per heavy atom. The van der Waals surface area contributed by atoms with Crippen LogP contribution in [0.4, 0.5) is 16.3 Å². The summed E-state index contributed by atoms with van der Waals surface area (Å²) in [4.78, 5) is 33.9. The number of pyridine rings is 1. The lowest BCUT2D eigenvalue weighted by atomic mass is 10.2. The van der Waals surface area contributed by atoms with Crippen LogP contribution in [0, 0.1) is 6.92 Å². The first kappa shape index (κ1) is 23.0. The largest absolute Gasteiger partial charge is 0.345 e. The molecule has 4 aromatic rings. The van der Waals surface area contributed by atoms with Crippen LogP contribution < -0.4 is 16.0 Å². The first-order valence-corrected chi connectivity index (χ1v) is 11.0. The number of hydrogen-bond acceptors (Lipinski definition) is 4. The molecular formula is C25H23ClN6O2. The molecule has 0 atom stereocenters. The van der Waals surface area contributed by atoms with Gasteiger partial charge in [-0.15, -0.1) is 0 Å². The number of aromatic nitrogens is 3. The molecule has 0 bridgehead atoms. The Labute approximate surface area is 202 Å². The monoisotopic (exact) mass is 474 g/mol. The lowest BCUT2D eigenvalue weighted by Gasteiger charge is -2.08. The molecule has 34 heavy (non-hydrogen) atoms. The van der Waals surface area contributed by atoms with Crippen molar-refractivity contribution in [3.63, 3.8) is 0 Å². The number of nitrogens with zero attached hydrogens (tertiary/aromatic N) is 3. The standard InChI is InChI=1S/C25H23ClN6O2/c1-17-12-20(26)9-10-21(17)29-25(34)31-22-16-32(15-18-6-3-2-4-7-18)23(30-22)24(33)28-14-19-8-5-11-27-13-19/h2-13,16H,14-15H2,1H3,(H,28,33)(H2,29,31,34). The molecule has 0 aliphatic heterocycles. The van der Waals surface area contributed by atoms with Crippen LogP contribution >= 0.6 is 11.6 Å². The molecule has 0 saturated heterocycles. The third-order valence-electron chi connectivity index (χ3n) is 5.03. The van der Waals surface area contributed by atoms with Gasteiger partial charge in [0.2, 0.25) is 5.82 Å². The summed E-state index contributed by atoms with van der Waals surface area (Å²) in [6.07, 6.45) is 5.00. The maximum Gasteiger partial charge on any atom is 0.324 e. The number of amides is 3. The molecule has 3 N–H and O–H groups in total. The Hall–Kier alpha value is -4.17. The van der Waals surface area contributed by atoms with Crippen LogP contribution in [0.1, 0.15) is 27.3 Å². The second-order valence-electron chi connectivity index (χ2n) is 7.65. The number of urea groups is 1. The van der Waals surface area contributed by atoms with E-state index in [4.69, 9.17) is 11.6 Å². The molecule has 3 amide bonds. The number of anilines is 2. The number of rotatable bonds is 7. The zero-order valence-corrected chi connectivity index (χ0v) is 19.2. The summed E-state index contributed by atoms with van der Waals surface area (Å²) in [6.45, 7) is 2.58. The molecule has 0 radical (unpaired) electrons. The minimum absolute atomic E-state index is 0.186. The second kappa shape index (κ2) is 10.6. The first-order valence-electron chi connectivity index (χ1n) is 10.6. The van der Waals surface area contributed by atoms with Gasteiger partial charge in [0.15, 0.2) is 5.82 Å². The Balaban J connectivity index is 1.51. The van der Waals surface area contributed by atoms with Crippen molar-refractivity contribution >= 4 is 35.0 Å². The van der Waals surface area contributed by atoms with E-state index in [2.05, 4.69) is 25.9 Å². The van der Waals surface area contributed by atoms with E-state index >= 15 is 0 Å². The van der Waals surface area contributed by atoms with Gasteiger partial charge < -0.3 is 15.2 Å². The summed E-state index contributed by atoms with van der Waals surface area (Å²) in [5.74, 6) is 0.0825. The summed E-state index contributed by atoms with van der Waals surface area (Å²) in [5.41, 5.74) is 3.31. The molecule has 0 aliphatic carbocycles. The maximum absolute atomic E-state index is 12.9. The molecule has 172 valence electrons. The van der Waals surface area contributed by atoms with Gasteiger partial charge >= 0.3 is 6.03 Å². The molecule has 2 aromatic heterocycles. The van der Waals surface area contributed by atoms with Gasteiger partial charge in [-0.05, 0) is 47.9 Å². The number of benzene rings is 2. The van der Waals surface area contributed by atoms with Gasteiger partial charge in [0.05, 0.1) is 0 Å². The van der Waals surface area contributed by atoms with E-state index in [1.54, 1.807) is 47.4 Å². The maximum atomic E-state index is 12.9. The average molecular weight is 475 g/mol. The smallest absolute Gasteiger partial charge is 0.324 e. The Bertz CT molecular complexity index is 1290. The Kier molecular flexibility index (Phi) is 7.19. The van der Waals surface area contributed by atoms with E-state index in [0.717, 1.165) is 16.7 Å². The number of halogens is 1. The fraction of sp³-hybridized carbons (Fsp3) is 0.120. The molecule has 0 saturated carbocycles. The van der Waals surface area contributed by atoms with Crippen LogP contribution in [0.2, 0.25) is 5.02 Å². The van der Waals surface area contributed by atoms with Crippen LogP contribution in [0.15, 0.2) is 79.3 Å². The van der Waals surface area contributed by atoms with Gasteiger partial charge in [0.25, 0.3) is 5.91 Å². The van der Waals surface area contributed by atoms with Crippen LogP contribution in [0.3, 0.4) is 0 Å². The highest BCUT2D eigenvalue weighted by Gasteiger charge is 2.18. The third kappa shape index (κ3) is 5.99. The third-order valence-corrected chi connectivity index (χ3v) is 5.26. The molecule has 0 unspecified atom stereocenters. The quantitative estimate of drug-likeness (QED) is 0.356. The van der Waals surface area contributed by atoms with Gasteiger partial charge in [0, 0.05) is 42.4 Å². The second-order valence-corrected chi connectivity index (χ2v) is 8.08. The highest BCUT2D eigenvalue weighted by molar-refractivity contribution is 6.30. The zero-order chi connectivity index (χ0) is 23.9. The highest BCUT2D eigenvalue weighted by Crippen LogP contribution is 2.20. The number of imidazole rings is 1. The average Bonchev–Trinajstić information content (AvgIpc) is 3.22. The normalized spacial score (nSPS) is 10.5. The number of aryl methyl sites for hydroxylation is 1. The predicted molar refractivity (Wildman–Crippen MR) is 132 cm³/mol. The van der Waals surface area contributed by atoms with Gasteiger partial charge in [-0.2, -0.15) is 0 Å². The van der Waals surface area contributed by atoms with E-state index in [-0.39, 0.29) is 17.5 Å². The minimum atomic E-state index is -0.475. The first-order chi connectivity index (χ1) is 16.5. The van der Waals surface area contributed by atoms with Crippen LogP contribution in [-0.4, -0.2) is 26.5 Å². The zero-order valence-electron chi connectivity index (χ0n) is 18.5. The molecule has 2 heterocycles. The summed E-state index contributed by atoms with van der Waals surface area (Å²) < 4.78 is 1.71. The van der Waals surface area contributed by atoms with Crippen LogP contribution in [-0.2, 0) is 13.1 Å². The van der Waals surface area contributed by atoms with Crippen molar-refractivity contribution in [2.24, 2.45) is 0 Å². The molecular weight excluding hydrogens is 452 g/mol. The molecule has 8 nitrogen and oxygen atoms in total. The van der Waals surface area contributed by atoms with E-state index in [0.29, 0.717) is 23.8 Å². The molecule has 0 aliphatic rings. The van der Waals surface area contributed by atoms with E-state index in [1.165, 1.54) is 0 Å². The molecule has 0 fully saturated rings. The van der Waals surface area contributed by atoms with Crippen molar-refractivity contribution in [3.05, 3.63) is 107 Å². The van der Waals surface area contributed by atoms with Crippen molar-refractivity contribution in [2.75, 3.05) is 10.6 Å². The minimum Gasteiger partial charge on any atom is -0.345 e. The number of nitrogens with one attached hydrogen (secondary N) is 3. The lowest BCUT2D eigenvalue weighted by Crippen LogP contribution is -2.26.